The minimum Gasteiger partial charge on any atom is -0.504 e. The fourth-order valence-corrected chi connectivity index (χ4v) is 2.52. The van der Waals surface area contributed by atoms with E-state index in [0.29, 0.717) is 18.9 Å². The molecule has 0 aliphatic rings. The number of amides is 1. The SMILES string of the molecule is O=C(NNCc1cccc(OCc2ccccc2)c1)c1cc(O)c(O)c(O)c1. The Kier molecular flexibility index (Phi) is 5.98. The molecule has 0 aliphatic heterocycles. The second kappa shape index (κ2) is 8.79. The van der Waals surface area contributed by atoms with Gasteiger partial charge in [0.25, 0.3) is 5.91 Å². The molecule has 28 heavy (non-hydrogen) atoms. The number of ether oxygens (including phenoxy) is 1. The largest absolute Gasteiger partial charge is 0.504 e. The number of aromatic hydroxyl groups is 3. The summed E-state index contributed by atoms with van der Waals surface area (Å²) in [5.74, 6) is -1.68. The van der Waals surface area contributed by atoms with Gasteiger partial charge in [0, 0.05) is 12.1 Å². The summed E-state index contributed by atoms with van der Waals surface area (Å²) in [5, 5.41) is 28.3. The number of carbonyl (C=O) groups is 1. The molecule has 5 N–H and O–H groups in total. The van der Waals surface area contributed by atoms with Gasteiger partial charge in [-0.2, -0.15) is 0 Å². The highest BCUT2D eigenvalue weighted by molar-refractivity contribution is 5.95. The lowest BCUT2D eigenvalue weighted by atomic mass is 10.2. The van der Waals surface area contributed by atoms with E-state index >= 15 is 0 Å². The first-order chi connectivity index (χ1) is 13.5. The molecule has 3 aromatic carbocycles. The fourth-order valence-electron chi connectivity index (χ4n) is 2.52. The molecule has 0 saturated carbocycles. The number of hydrogen-bond acceptors (Lipinski definition) is 6. The molecule has 0 unspecified atom stereocenters. The second-order valence-electron chi connectivity index (χ2n) is 6.09. The van der Waals surface area contributed by atoms with Gasteiger partial charge in [0.15, 0.2) is 17.2 Å². The van der Waals surface area contributed by atoms with E-state index in [9.17, 15) is 20.1 Å². The number of phenolic OH excluding ortho intramolecular Hbond substituents is 3. The Labute approximate surface area is 161 Å². The number of hydrazine groups is 1. The van der Waals surface area contributed by atoms with Crippen LogP contribution in [0.25, 0.3) is 0 Å². The van der Waals surface area contributed by atoms with Crippen LogP contribution in [-0.2, 0) is 13.2 Å². The van der Waals surface area contributed by atoms with Crippen molar-refractivity contribution in [2.75, 3.05) is 0 Å². The van der Waals surface area contributed by atoms with Gasteiger partial charge in [-0.25, -0.2) is 5.43 Å². The van der Waals surface area contributed by atoms with Crippen molar-refractivity contribution in [1.29, 1.82) is 0 Å². The highest BCUT2D eigenvalue weighted by Crippen LogP contribution is 2.35. The summed E-state index contributed by atoms with van der Waals surface area (Å²) >= 11 is 0. The van der Waals surface area contributed by atoms with Crippen molar-refractivity contribution in [3.05, 3.63) is 83.4 Å². The predicted octanol–water partition coefficient (Wildman–Crippen LogP) is 2.82. The average molecular weight is 380 g/mol. The van der Waals surface area contributed by atoms with Crippen molar-refractivity contribution >= 4 is 5.91 Å². The Morgan fingerprint density at radius 3 is 2.25 bits per heavy atom. The van der Waals surface area contributed by atoms with Crippen LogP contribution in [0, 0.1) is 0 Å². The molecule has 1 amide bonds. The molecule has 7 heteroatoms. The molecule has 0 heterocycles. The summed E-state index contributed by atoms with van der Waals surface area (Å²) in [7, 11) is 0. The molecule has 0 atom stereocenters. The van der Waals surface area contributed by atoms with Gasteiger partial charge in [0.1, 0.15) is 12.4 Å². The van der Waals surface area contributed by atoms with Gasteiger partial charge in [-0.3, -0.25) is 10.2 Å². The van der Waals surface area contributed by atoms with Crippen molar-refractivity contribution in [2.24, 2.45) is 0 Å². The lowest BCUT2D eigenvalue weighted by molar-refractivity contribution is 0.0931. The van der Waals surface area contributed by atoms with Crippen LogP contribution in [-0.4, -0.2) is 21.2 Å². The van der Waals surface area contributed by atoms with Crippen molar-refractivity contribution in [3.8, 4) is 23.0 Å². The van der Waals surface area contributed by atoms with E-state index in [1.165, 1.54) is 0 Å². The van der Waals surface area contributed by atoms with E-state index in [2.05, 4.69) is 10.9 Å². The van der Waals surface area contributed by atoms with E-state index in [4.69, 9.17) is 4.74 Å². The van der Waals surface area contributed by atoms with Gasteiger partial charge in [-0.05, 0) is 35.4 Å². The van der Waals surface area contributed by atoms with E-state index in [-0.39, 0.29) is 5.56 Å². The molecule has 0 fully saturated rings. The molecule has 0 spiro atoms. The Hall–Kier alpha value is -3.71. The van der Waals surface area contributed by atoms with Crippen LogP contribution < -0.4 is 15.6 Å². The van der Waals surface area contributed by atoms with Crippen molar-refractivity contribution < 1.29 is 24.9 Å². The highest BCUT2D eigenvalue weighted by Gasteiger charge is 2.13. The van der Waals surface area contributed by atoms with Crippen LogP contribution >= 0.6 is 0 Å². The predicted molar refractivity (Wildman–Crippen MR) is 103 cm³/mol. The molecular weight excluding hydrogens is 360 g/mol. The van der Waals surface area contributed by atoms with Crippen LogP contribution in [0.4, 0.5) is 0 Å². The lowest BCUT2D eigenvalue weighted by Crippen LogP contribution is -2.36. The maximum atomic E-state index is 12.1. The smallest absolute Gasteiger partial charge is 0.265 e. The van der Waals surface area contributed by atoms with E-state index in [1.54, 1.807) is 0 Å². The molecule has 0 aliphatic carbocycles. The Balaban J connectivity index is 1.53. The maximum absolute atomic E-state index is 12.1. The van der Waals surface area contributed by atoms with Crippen LogP contribution in [0.5, 0.6) is 23.0 Å². The first kappa shape index (κ1) is 19.1. The van der Waals surface area contributed by atoms with Gasteiger partial charge in [-0.1, -0.05) is 42.5 Å². The molecule has 144 valence electrons. The summed E-state index contributed by atoms with van der Waals surface area (Å²) in [6.45, 7) is 0.798. The van der Waals surface area contributed by atoms with Crippen LogP contribution in [0.1, 0.15) is 21.5 Å². The number of phenols is 3. The zero-order valence-corrected chi connectivity index (χ0v) is 14.9. The monoisotopic (exact) mass is 380 g/mol. The molecule has 0 saturated heterocycles. The van der Waals surface area contributed by atoms with Gasteiger partial charge < -0.3 is 20.1 Å². The number of hydrogen-bond donors (Lipinski definition) is 5. The summed E-state index contributed by atoms with van der Waals surface area (Å²) in [5.41, 5.74) is 7.20. The first-order valence-corrected chi connectivity index (χ1v) is 8.57. The molecular formula is C21H20N2O5. The zero-order chi connectivity index (χ0) is 19.9. The summed E-state index contributed by atoms with van der Waals surface area (Å²) in [6, 6.07) is 19.4. The van der Waals surface area contributed by atoms with Crippen LogP contribution in [0.15, 0.2) is 66.7 Å². The number of carbonyl (C=O) groups excluding carboxylic acids is 1. The third-order valence-corrected chi connectivity index (χ3v) is 3.97. The average Bonchev–Trinajstić information content (AvgIpc) is 2.71. The number of nitrogens with one attached hydrogen (secondary N) is 2. The van der Waals surface area contributed by atoms with Gasteiger partial charge >= 0.3 is 0 Å². The second-order valence-corrected chi connectivity index (χ2v) is 6.09. The standard InChI is InChI=1S/C21H20N2O5/c24-18-10-16(11-19(25)20(18)26)21(27)23-22-12-15-7-4-8-17(9-15)28-13-14-5-2-1-3-6-14/h1-11,22,24-26H,12-13H2,(H,23,27). The molecule has 3 aromatic rings. The first-order valence-electron chi connectivity index (χ1n) is 8.57. The summed E-state index contributed by atoms with van der Waals surface area (Å²) < 4.78 is 5.77. The van der Waals surface area contributed by atoms with Gasteiger partial charge in [0.2, 0.25) is 0 Å². The zero-order valence-electron chi connectivity index (χ0n) is 14.9. The Morgan fingerprint density at radius 1 is 0.857 bits per heavy atom. The summed E-state index contributed by atoms with van der Waals surface area (Å²) in [4.78, 5) is 12.1. The van der Waals surface area contributed by atoms with Crippen molar-refractivity contribution in [2.45, 2.75) is 13.2 Å². The number of rotatable bonds is 7. The molecule has 0 bridgehead atoms. The molecule has 0 aromatic heterocycles. The van der Waals surface area contributed by atoms with Crippen LogP contribution in [0.2, 0.25) is 0 Å². The third-order valence-electron chi connectivity index (χ3n) is 3.97. The molecule has 7 nitrogen and oxygen atoms in total. The van der Waals surface area contributed by atoms with E-state index < -0.39 is 23.2 Å². The fraction of sp³-hybridized carbons (Fsp3) is 0.0952. The van der Waals surface area contributed by atoms with Crippen LogP contribution in [0.3, 0.4) is 0 Å². The van der Waals surface area contributed by atoms with E-state index in [1.807, 2.05) is 54.6 Å². The lowest BCUT2D eigenvalue weighted by Gasteiger charge is -2.11. The Bertz CT molecular complexity index is 937. The van der Waals surface area contributed by atoms with E-state index in [0.717, 1.165) is 23.3 Å². The highest BCUT2D eigenvalue weighted by atomic mass is 16.5. The maximum Gasteiger partial charge on any atom is 0.265 e. The van der Waals surface area contributed by atoms with Gasteiger partial charge in [0.05, 0.1) is 0 Å². The van der Waals surface area contributed by atoms with Gasteiger partial charge in [-0.15, -0.1) is 0 Å². The number of benzene rings is 3. The Morgan fingerprint density at radius 2 is 1.54 bits per heavy atom. The molecule has 0 radical (unpaired) electrons. The minimum absolute atomic E-state index is 0.000227. The summed E-state index contributed by atoms with van der Waals surface area (Å²) in [6.07, 6.45) is 0. The van der Waals surface area contributed by atoms with Crippen molar-refractivity contribution in [1.82, 2.24) is 10.9 Å². The third kappa shape index (κ3) is 4.93. The molecule has 3 rings (SSSR count). The topological polar surface area (TPSA) is 111 Å². The van der Waals surface area contributed by atoms with Crippen molar-refractivity contribution in [3.63, 3.8) is 0 Å². The quantitative estimate of drug-likeness (QED) is 0.318. The minimum atomic E-state index is -0.670. The normalized spacial score (nSPS) is 10.4.